The topological polar surface area (TPSA) is 74.2 Å². The van der Waals surface area contributed by atoms with Gasteiger partial charge in [0.05, 0.1) is 11.0 Å². The van der Waals surface area contributed by atoms with Crippen LogP contribution < -0.4 is 10.6 Å². The van der Waals surface area contributed by atoms with E-state index in [-0.39, 0.29) is 12.1 Å². The normalized spacial score (nSPS) is 20.4. The quantitative estimate of drug-likeness (QED) is 0.804. The number of thiazole rings is 1. The monoisotopic (exact) mass is 331 g/mol. The first-order valence-electron chi connectivity index (χ1n) is 7.86. The minimum Gasteiger partial charge on any atom is -0.393 e. The van der Waals surface area contributed by atoms with Gasteiger partial charge in [0.2, 0.25) is 0 Å². The van der Waals surface area contributed by atoms with Crippen molar-refractivity contribution in [2.45, 2.75) is 32.3 Å². The van der Waals surface area contributed by atoms with E-state index in [9.17, 15) is 9.90 Å². The zero-order chi connectivity index (χ0) is 16.2. The van der Waals surface area contributed by atoms with Gasteiger partial charge in [-0.2, -0.15) is 0 Å². The summed E-state index contributed by atoms with van der Waals surface area (Å²) in [4.78, 5) is 17.3. The minimum absolute atomic E-state index is 0.208. The van der Waals surface area contributed by atoms with Crippen LogP contribution in [0.2, 0.25) is 0 Å². The van der Waals surface area contributed by atoms with Crippen LogP contribution in [0, 0.1) is 12.8 Å². The van der Waals surface area contributed by atoms with Gasteiger partial charge in [-0.25, -0.2) is 9.78 Å². The van der Waals surface area contributed by atoms with Gasteiger partial charge in [-0.3, -0.25) is 5.32 Å². The number of carbonyl (C=O) groups is 1. The predicted octanol–water partition coefficient (Wildman–Crippen LogP) is 3.40. The molecule has 2 aromatic rings. The second kappa shape index (κ2) is 7.10. The highest BCUT2D eigenvalue weighted by Crippen LogP contribution is 2.31. The molecular formula is C17H21N3O2S. The van der Waals surface area contributed by atoms with Crippen LogP contribution in [-0.2, 0) is 0 Å². The Balaban J connectivity index is 1.54. The van der Waals surface area contributed by atoms with Crippen LogP contribution in [0.5, 0.6) is 0 Å². The molecule has 0 aliphatic heterocycles. The average Bonchev–Trinajstić information content (AvgIpc) is 3.15. The fraction of sp³-hybridized carbons (Fsp3) is 0.412. The maximum absolute atomic E-state index is 11.9. The van der Waals surface area contributed by atoms with Crippen LogP contribution in [0.1, 0.15) is 24.8 Å². The molecule has 2 amide bonds. The molecule has 1 aromatic carbocycles. The Labute approximate surface area is 139 Å². The number of aromatic nitrogens is 1. The molecule has 0 bridgehead atoms. The molecule has 1 heterocycles. The lowest BCUT2D eigenvalue weighted by atomic mass is 10.1. The summed E-state index contributed by atoms with van der Waals surface area (Å²) in [6.45, 7) is 2.66. The van der Waals surface area contributed by atoms with Gasteiger partial charge in [-0.15, -0.1) is 0 Å². The molecule has 6 heteroatoms. The lowest BCUT2D eigenvalue weighted by molar-refractivity contribution is 0.177. The van der Waals surface area contributed by atoms with E-state index >= 15 is 0 Å². The molecular weight excluding hydrogens is 310 g/mol. The Bertz CT molecular complexity index is 686. The number of aliphatic hydroxyl groups excluding tert-OH is 1. The Kier molecular flexibility index (Phi) is 4.93. The summed E-state index contributed by atoms with van der Waals surface area (Å²) in [5, 5.41) is 15.7. The summed E-state index contributed by atoms with van der Waals surface area (Å²) in [5.74, 6) is 0.370. The van der Waals surface area contributed by atoms with E-state index in [4.69, 9.17) is 0 Å². The molecule has 2 atom stereocenters. The van der Waals surface area contributed by atoms with Crippen LogP contribution in [0.25, 0.3) is 10.4 Å². The zero-order valence-electron chi connectivity index (χ0n) is 13.1. The SMILES string of the molecule is Cc1ccccc1-c1cnc(NC(=O)NCC2CCC(O)C2)s1. The largest absolute Gasteiger partial charge is 0.393 e. The van der Waals surface area contributed by atoms with Crippen LogP contribution in [0.3, 0.4) is 0 Å². The van der Waals surface area contributed by atoms with Crippen molar-refractivity contribution in [3.8, 4) is 10.4 Å². The lowest BCUT2D eigenvalue weighted by Crippen LogP contribution is -2.32. The van der Waals surface area contributed by atoms with Crippen molar-refractivity contribution in [2.75, 3.05) is 11.9 Å². The molecule has 5 nitrogen and oxygen atoms in total. The van der Waals surface area contributed by atoms with Crippen molar-refractivity contribution in [3.63, 3.8) is 0 Å². The number of amides is 2. The van der Waals surface area contributed by atoms with E-state index in [1.807, 2.05) is 12.1 Å². The smallest absolute Gasteiger partial charge is 0.321 e. The van der Waals surface area contributed by atoms with Gasteiger partial charge >= 0.3 is 6.03 Å². The number of benzene rings is 1. The molecule has 23 heavy (non-hydrogen) atoms. The Morgan fingerprint density at radius 3 is 2.96 bits per heavy atom. The van der Waals surface area contributed by atoms with E-state index in [0.717, 1.165) is 29.7 Å². The number of urea groups is 1. The van der Waals surface area contributed by atoms with E-state index in [2.05, 4.69) is 34.7 Å². The first kappa shape index (κ1) is 16.0. The highest BCUT2D eigenvalue weighted by molar-refractivity contribution is 7.19. The van der Waals surface area contributed by atoms with E-state index in [1.54, 1.807) is 6.20 Å². The first-order chi connectivity index (χ1) is 11.1. The number of hydrogen-bond acceptors (Lipinski definition) is 4. The van der Waals surface area contributed by atoms with Crippen LogP contribution in [0.4, 0.5) is 9.93 Å². The van der Waals surface area contributed by atoms with Crippen molar-refractivity contribution in [1.82, 2.24) is 10.3 Å². The van der Waals surface area contributed by atoms with Gasteiger partial charge in [0.15, 0.2) is 5.13 Å². The Morgan fingerprint density at radius 1 is 1.39 bits per heavy atom. The second-order valence-electron chi connectivity index (χ2n) is 6.01. The molecule has 1 aromatic heterocycles. The summed E-state index contributed by atoms with van der Waals surface area (Å²) < 4.78 is 0. The molecule has 3 rings (SSSR count). The van der Waals surface area contributed by atoms with Gasteiger partial charge in [0.1, 0.15) is 0 Å². The summed E-state index contributed by atoms with van der Waals surface area (Å²) in [6, 6.07) is 7.88. The van der Waals surface area contributed by atoms with Gasteiger partial charge in [-0.1, -0.05) is 35.6 Å². The molecule has 122 valence electrons. The summed E-state index contributed by atoms with van der Waals surface area (Å²) in [5.41, 5.74) is 2.32. The Morgan fingerprint density at radius 2 is 2.22 bits per heavy atom. The number of anilines is 1. The zero-order valence-corrected chi connectivity index (χ0v) is 13.9. The second-order valence-corrected chi connectivity index (χ2v) is 7.04. The molecule has 0 radical (unpaired) electrons. The molecule has 2 unspecified atom stereocenters. The standard InChI is InChI=1S/C17H21N3O2S/c1-11-4-2-3-5-14(11)15-10-19-17(23-15)20-16(22)18-9-12-6-7-13(21)8-12/h2-5,10,12-13,21H,6-9H2,1H3,(H2,18,19,20,22). The average molecular weight is 331 g/mol. The first-order valence-corrected chi connectivity index (χ1v) is 8.68. The fourth-order valence-electron chi connectivity index (χ4n) is 2.92. The summed E-state index contributed by atoms with van der Waals surface area (Å²) >= 11 is 1.46. The fourth-order valence-corrected chi connectivity index (χ4v) is 3.82. The Hall–Kier alpha value is -1.92. The van der Waals surface area contributed by atoms with Gasteiger partial charge < -0.3 is 10.4 Å². The molecule has 1 fully saturated rings. The van der Waals surface area contributed by atoms with E-state index in [0.29, 0.717) is 17.6 Å². The lowest BCUT2D eigenvalue weighted by Gasteiger charge is -2.10. The molecule has 0 saturated heterocycles. The maximum Gasteiger partial charge on any atom is 0.321 e. The number of rotatable bonds is 4. The van der Waals surface area contributed by atoms with Crippen molar-refractivity contribution >= 4 is 22.5 Å². The minimum atomic E-state index is -0.239. The molecule has 1 aliphatic rings. The number of nitrogens with zero attached hydrogens (tertiary/aromatic N) is 1. The van der Waals surface area contributed by atoms with E-state index in [1.165, 1.54) is 16.9 Å². The van der Waals surface area contributed by atoms with Crippen molar-refractivity contribution in [3.05, 3.63) is 36.0 Å². The van der Waals surface area contributed by atoms with Gasteiger partial charge in [0.25, 0.3) is 0 Å². The van der Waals surface area contributed by atoms with Crippen molar-refractivity contribution in [2.24, 2.45) is 5.92 Å². The van der Waals surface area contributed by atoms with Crippen LogP contribution >= 0.6 is 11.3 Å². The van der Waals surface area contributed by atoms with Gasteiger partial charge in [0, 0.05) is 12.7 Å². The number of aryl methyl sites for hydroxylation is 1. The third-order valence-electron chi connectivity index (χ3n) is 4.20. The predicted molar refractivity (Wildman–Crippen MR) is 92.7 cm³/mol. The van der Waals surface area contributed by atoms with Crippen LogP contribution in [0.15, 0.2) is 30.5 Å². The highest BCUT2D eigenvalue weighted by Gasteiger charge is 2.23. The molecule has 1 aliphatic carbocycles. The molecule has 0 spiro atoms. The highest BCUT2D eigenvalue weighted by atomic mass is 32.1. The van der Waals surface area contributed by atoms with Gasteiger partial charge in [-0.05, 0) is 43.2 Å². The van der Waals surface area contributed by atoms with Crippen molar-refractivity contribution in [1.29, 1.82) is 0 Å². The number of hydrogen-bond donors (Lipinski definition) is 3. The maximum atomic E-state index is 11.9. The number of aliphatic hydroxyl groups is 1. The molecule has 1 saturated carbocycles. The molecule has 3 N–H and O–H groups in total. The van der Waals surface area contributed by atoms with Crippen molar-refractivity contribution < 1.29 is 9.90 Å². The summed E-state index contributed by atoms with van der Waals surface area (Å²) in [7, 11) is 0. The van der Waals surface area contributed by atoms with E-state index < -0.39 is 0 Å². The number of nitrogens with one attached hydrogen (secondary N) is 2. The third kappa shape index (κ3) is 4.09. The number of carbonyl (C=O) groups excluding carboxylic acids is 1. The van der Waals surface area contributed by atoms with Crippen LogP contribution in [-0.4, -0.2) is 28.8 Å². The third-order valence-corrected chi connectivity index (χ3v) is 5.15. The summed E-state index contributed by atoms with van der Waals surface area (Å²) in [6.07, 6.45) is 4.15.